The fraction of sp³-hybridized carbons (Fsp3) is 0.273. The van der Waals surface area contributed by atoms with Gasteiger partial charge in [-0.05, 0) is 49.1 Å². The lowest BCUT2D eigenvalue weighted by atomic mass is 9.92. The van der Waals surface area contributed by atoms with E-state index in [1.165, 1.54) is 13.2 Å². The summed E-state index contributed by atoms with van der Waals surface area (Å²) in [7, 11) is 1.37. The molecule has 3 aromatic rings. The first-order chi connectivity index (χ1) is 13.7. The van der Waals surface area contributed by atoms with Crippen molar-refractivity contribution in [1.82, 2.24) is 15.1 Å². The van der Waals surface area contributed by atoms with Crippen molar-refractivity contribution in [2.24, 2.45) is 0 Å². The highest BCUT2D eigenvalue weighted by molar-refractivity contribution is 5.89. The smallest absolute Gasteiger partial charge is 0.337 e. The van der Waals surface area contributed by atoms with E-state index in [4.69, 9.17) is 4.74 Å². The minimum absolute atomic E-state index is 0.171. The molecule has 0 saturated heterocycles. The Morgan fingerprint density at radius 1 is 1.25 bits per heavy atom. The number of halogens is 1. The number of esters is 1. The third kappa shape index (κ3) is 3.55. The SMILES string of the molecule is COC(=O)c1ccc(CNC2CCCc3c2cnn3-c2ccccc2F)cc1. The minimum atomic E-state index is -0.336. The molecule has 28 heavy (non-hydrogen) atoms. The highest BCUT2D eigenvalue weighted by Crippen LogP contribution is 2.31. The maximum Gasteiger partial charge on any atom is 0.337 e. The van der Waals surface area contributed by atoms with Crippen LogP contribution in [0.4, 0.5) is 4.39 Å². The van der Waals surface area contributed by atoms with Crippen LogP contribution in [0.15, 0.2) is 54.7 Å². The van der Waals surface area contributed by atoms with Crippen LogP contribution in [0.3, 0.4) is 0 Å². The zero-order valence-corrected chi connectivity index (χ0v) is 15.7. The number of fused-ring (bicyclic) bond motifs is 1. The summed E-state index contributed by atoms with van der Waals surface area (Å²) in [6, 6.07) is 14.3. The fourth-order valence-corrected chi connectivity index (χ4v) is 3.72. The van der Waals surface area contributed by atoms with Gasteiger partial charge in [-0.25, -0.2) is 13.9 Å². The monoisotopic (exact) mass is 379 g/mol. The van der Waals surface area contributed by atoms with E-state index in [9.17, 15) is 9.18 Å². The average Bonchev–Trinajstić information content (AvgIpc) is 3.17. The third-order valence-corrected chi connectivity index (χ3v) is 5.19. The third-order valence-electron chi connectivity index (χ3n) is 5.19. The zero-order valence-electron chi connectivity index (χ0n) is 15.7. The molecular formula is C22H22FN3O2. The minimum Gasteiger partial charge on any atom is -0.465 e. The van der Waals surface area contributed by atoms with Crippen LogP contribution in [0.25, 0.3) is 5.69 Å². The normalized spacial score (nSPS) is 15.9. The molecule has 1 unspecified atom stereocenters. The molecule has 0 saturated carbocycles. The van der Waals surface area contributed by atoms with Crippen molar-refractivity contribution in [3.05, 3.63) is 82.9 Å². The molecule has 0 fully saturated rings. The molecule has 6 heteroatoms. The van der Waals surface area contributed by atoms with Crippen LogP contribution in [0.1, 0.15) is 46.1 Å². The highest BCUT2D eigenvalue weighted by Gasteiger charge is 2.25. The number of nitrogens with zero attached hydrogens (tertiary/aromatic N) is 2. The molecule has 2 aromatic carbocycles. The molecule has 4 rings (SSSR count). The Balaban J connectivity index is 1.50. The van der Waals surface area contributed by atoms with E-state index in [1.54, 1.807) is 28.9 Å². The maximum atomic E-state index is 14.2. The highest BCUT2D eigenvalue weighted by atomic mass is 19.1. The van der Waals surface area contributed by atoms with Crippen LogP contribution in [0.5, 0.6) is 0 Å². The molecule has 5 nitrogen and oxygen atoms in total. The quantitative estimate of drug-likeness (QED) is 0.682. The number of carbonyl (C=O) groups excluding carboxylic acids is 1. The van der Waals surface area contributed by atoms with Crippen molar-refractivity contribution in [3.8, 4) is 5.69 Å². The van der Waals surface area contributed by atoms with Gasteiger partial charge in [0.1, 0.15) is 11.5 Å². The summed E-state index contributed by atoms with van der Waals surface area (Å²) in [6.07, 6.45) is 4.76. The second-order valence-corrected chi connectivity index (χ2v) is 6.92. The van der Waals surface area contributed by atoms with Crippen LogP contribution in [0.2, 0.25) is 0 Å². The summed E-state index contributed by atoms with van der Waals surface area (Å²) in [5, 5.41) is 8.03. The van der Waals surface area contributed by atoms with Crippen molar-refractivity contribution in [2.75, 3.05) is 7.11 Å². The first-order valence-corrected chi connectivity index (χ1v) is 9.39. The second kappa shape index (κ2) is 7.94. The van der Waals surface area contributed by atoms with E-state index in [-0.39, 0.29) is 17.8 Å². The first kappa shape index (κ1) is 18.4. The Morgan fingerprint density at radius 3 is 2.79 bits per heavy atom. The molecule has 1 N–H and O–H groups in total. The Bertz CT molecular complexity index is 982. The van der Waals surface area contributed by atoms with Gasteiger partial charge in [0.25, 0.3) is 0 Å². The Labute approximate surface area is 163 Å². The lowest BCUT2D eigenvalue weighted by Gasteiger charge is -2.24. The number of carbonyl (C=O) groups is 1. The van der Waals surface area contributed by atoms with E-state index < -0.39 is 0 Å². The Hall–Kier alpha value is -2.99. The van der Waals surface area contributed by atoms with Gasteiger partial charge in [0.15, 0.2) is 0 Å². The van der Waals surface area contributed by atoms with Gasteiger partial charge < -0.3 is 10.1 Å². The van der Waals surface area contributed by atoms with Crippen molar-refractivity contribution in [2.45, 2.75) is 31.8 Å². The van der Waals surface area contributed by atoms with Crippen LogP contribution in [-0.2, 0) is 17.7 Å². The molecule has 0 radical (unpaired) electrons. The van der Waals surface area contributed by atoms with Gasteiger partial charge in [0, 0.05) is 23.8 Å². The average molecular weight is 379 g/mol. The van der Waals surface area contributed by atoms with Crippen LogP contribution < -0.4 is 5.32 Å². The van der Waals surface area contributed by atoms with E-state index >= 15 is 0 Å². The molecule has 1 aliphatic carbocycles. The van der Waals surface area contributed by atoms with Gasteiger partial charge >= 0.3 is 5.97 Å². The standard InChI is InChI=1S/C22H22FN3O2/c1-28-22(27)16-11-9-15(10-12-16)13-24-19-6-4-8-20-17(19)14-25-26(20)21-7-3-2-5-18(21)23/h2-3,5,7,9-12,14,19,24H,4,6,8,13H2,1H3. The number of rotatable bonds is 5. The first-order valence-electron chi connectivity index (χ1n) is 9.39. The van der Waals surface area contributed by atoms with E-state index in [2.05, 4.69) is 10.4 Å². The number of para-hydroxylation sites is 1. The van der Waals surface area contributed by atoms with Crippen LogP contribution in [0, 0.1) is 5.82 Å². The maximum absolute atomic E-state index is 14.2. The molecule has 1 heterocycles. The zero-order chi connectivity index (χ0) is 19.5. The molecular weight excluding hydrogens is 357 g/mol. The predicted molar refractivity (Wildman–Crippen MR) is 104 cm³/mol. The lowest BCUT2D eigenvalue weighted by molar-refractivity contribution is 0.0600. The van der Waals surface area contributed by atoms with E-state index in [1.807, 2.05) is 24.4 Å². The molecule has 0 spiro atoms. The van der Waals surface area contributed by atoms with Gasteiger partial charge in [-0.1, -0.05) is 24.3 Å². The number of benzene rings is 2. The summed E-state index contributed by atoms with van der Waals surface area (Å²) in [5.41, 5.74) is 4.30. The van der Waals surface area contributed by atoms with E-state index in [0.717, 1.165) is 36.1 Å². The van der Waals surface area contributed by atoms with Gasteiger partial charge in [-0.2, -0.15) is 5.10 Å². The molecule has 0 amide bonds. The van der Waals surface area contributed by atoms with E-state index in [0.29, 0.717) is 17.8 Å². The molecule has 0 bridgehead atoms. The topological polar surface area (TPSA) is 56.1 Å². The fourth-order valence-electron chi connectivity index (χ4n) is 3.72. The lowest BCUT2D eigenvalue weighted by Crippen LogP contribution is -2.25. The summed E-state index contributed by atoms with van der Waals surface area (Å²) < 4.78 is 20.6. The molecule has 1 atom stereocenters. The summed E-state index contributed by atoms with van der Waals surface area (Å²) in [4.78, 5) is 11.5. The second-order valence-electron chi connectivity index (χ2n) is 6.92. The van der Waals surface area contributed by atoms with Crippen molar-refractivity contribution >= 4 is 5.97 Å². The molecule has 1 aliphatic rings. The van der Waals surface area contributed by atoms with Crippen LogP contribution in [-0.4, -0.2) is 22.9 Å². The number of hydrogen-bond acceptors (Lipinski definition) is 4. The molecule has 1 aromatic heterocycles. The van der Waals surface area contributed by atoms with Gasteiger partial charge in [-0.3, -0.25) is 0 Å². The molecule has 0 aliphatic heterocycles. The molecule has 144 valence electrons. The summed E-state index contributed by atoms with van der Waals surface area (Å²) in [5.74, 6) is -0.605. The summed E-state index contributed by atoms with van der Waals surface area (Å²) >= 11 is 0. The summed E-state index contributed by atoms with van der Waals surface area (Å²) in [6.45, 7) is 0.677. The largest absolute Gasteiger partial charge is 0.465 e. The number of aromatic nitrogens is 2. The Kier molecular flexibility index (Phi) is 5.21. The van der Waals surface area contributed by atoms with Crippen molar-refractivity contribution in [1.29, 1.82) is 0 Å². The van der Waals surface area contributed by atoms with Gasteiger partial charge in [0.2, 0.25) is 0 Å². The number of ether oxygens (including phenoxy) is 1. The van der Waals surface area contributed by atoms with Crippen LogP contribution >= 0.6 is 0 Å². The van der Waals surface area contributed by atoms with Crippen molar-refractivity contribution < 1.29 is 13.9 Å². The Morgan fingerprint density at radius 2 is 2.04 bits per heavy atom. The number of hydrogen-bond donors (Lipinski definition) is 1. The van der Waals surface area contributed by atoms with Gasteiger partial charge in [-0.15, -0.1) is 0 Å². The number of methoxy groups -OCH3 is 1. The predicted octanol–water partition coefficient (Wildman–Crippen LogP) is 3.97. The van der Waals surface area contributed by atoms with Crippen molar-refractivity contribution in [3.63, 3.8) is 0 Å². The van der Waals surface area contributed by atoms with Gasteiger partial charge in [0.05, 0.1) is 18.9 Å². The number of nitrogens with one attached hydrogen (secondary N) is 1.